The molecule has 0 radical (unpaired) electrons. The monoisotopic (exact) mass is 138 g/mol. The van der Waals surface area contributed by atoms with E-state index < -0.39 is 0 Å². The summed E-state index contributed by atoms with van der Waals surface area (Å²) in [6.45, 7) is 1.13. The Kier molecular flexibility index (Phi) is 1.74. The summed E-state index contributed by atoms with van der Waals surface area (Å²) in [7, 11) is 0. The van der Waals surface area contributed by atoms with Crippen molar-refractivity contribution in [1.29, 1.82) is 0 Å². The van der Waals surface area contributed by atoms with Gasteiger partial charge in [-0.1, -0.05) is 12.2 Å². The molecule has 0 saturated carbocycles. The van der Waals surface area contributed by atoms with Gasteiger partial charge < -0.3 is 0 Å². The zero-order valence-corrected chi connectivity index (χ0v) is 6.14. The van der Waals surface area contributed by atoms with Gasteiger partial charge in [0.1, 0.15) is 0 Å². The van der Waals surface area contributed by atoms with E-state index in [1.165, 1.54) is 19.3 Å². The molecular formula is C8H14N2. The highest BCUT2D eigenvalue weighted by Crippen LogP contribution is 2.23. The number of allylic oxidation sites excluding steroid dienone is 1. The standard InChI is InChI=1S/C8H14N2/c1-2-4-8-7(3-1)5-6-9-10-8/h1-2,7-10H,3-6H2. The molecule has 2 rings (SSSR count). The highest BCUT2D eigenvalue weighted by Gasteiger charge is 2.24. The normalized spacial score (nSPS) is 39.2. The van der Waals surface area contributed by atoms with E-state index in [2.05, 4.69) is 23.0 Å². The van der Waals surface area contributed by atoms with Crippen LogP contribution in [0.5, 0.6) is 0 Å². The zero-order valence-electron chi connectivity index (χ0n) is 6.14. The number of hydrogen-bond donors (Lipinski definition) is 2. The van der Waals surface area contributed by atoms with E-state index in [-0.39, 0.29) is 0 Å². The first kappa shape index (κ1) is 6.38. The van der Waals surface area contributed by atoms with Crippen molar-refractivity contribution in [2.24, 2.45) is 5.92 Å². The van der Waals surface area contributed by atoms with Crippen LogP contribution in [0, 0.1) is 5.92 Å². The minimum absolute atomic E-state index is 0.707. The molecule has 2 aliphatic rings. The maximum Gasteiger partial charge on any atom is 0.0279 e. The van der Waals surface area contributed by atoms with Crippen LogP contribution in [0.15, 0.2) is 12.2 Å². The molecule has 1 saturated heterocycles. The Bertz CT molecular complexity index is 126. The number of hydrazine groups is 1. The zero-order chi connectivity index (χ0) is 6.81. The Morgan fingerprint density at radius 1 is 1.20 bits per heavy atom. The molecule has 0 amide bonds. The molecule has 0 bridgehead atoms. The van der Waals surface area contributed by atoms with Gasteiger partial charge in [-0.2, -0.15) is 0 Å². The first-order valence-electron chi connectivity index (χ1n) is 4.10. The molecule has 0 aromatic carbocycles. The third kappa shape index (κ3) is 1.09. The van der Waals surface area contributed by atoms with Gasteiger partial charge in [-0.15, -0.1) is 0 Å². The molecule has 0 aromatic rings. The smallest absolute Gasteiger partial charge is 0.0279 e. The van der Waals surface area contributed by atoms with E-state index in [1.54, 1.807) is 0 Å². The molecular weight excluding hydrogens is 124 g/mol. The van der Waals surface area contributed by atoms with Crippen LogP contribution in [0.25, 0.3) is 0 Å². The molecule has 1 aliphatic heterocycles. The fraction of sp³-hybridized carbons (Fsp3) is 0.750. The molecule has 1 heterocycles. The number of fused-ring (bicyclic) bond motifs is 1. The first-order valence-corrected chi connectivity index (χ1v) is 4.10. The second-order valence-corrected chi connectivity index (χ2v) is 3.17. The molecule has 0 spiro atoms. The van der Waals surface area contributed by atoms with E-state index in [9.17, 15) is 0 Å². The topological polar surface area (TPSA) is 24.1 Å². The van der Waals surface area contributed by atoms with Crippen LogP contribution in [0.4, 0.5) is 0 Å². The van der Waals surface area contributed by atoms with E-state index in [4.69, 9.17) is 0 Å². The summed E-state index contributed by atoms with van der Waals surface area (Å²) in [6.07, 6.45) is 8.41. The summed E-state index contributed by atoms with van der Waals surface area (Å²) < 4.78 is 0. The number of nitrogens with one attached hydrogen (secondary N) is 2. The van der Waals surface area contributed by atoms with Gasteiger partial charge >= 0.3 is 0 Å². The Labute approximate surface area is 61.7 Å². The van der Waals surface area contributed by atoms with Crippen molar-refractivity contribution < 1.29 is 0 Å². The van der Waals surface area contributed by atoms with Crippen molar-refractivity contribution >= 4 is 0 Å². The highest BCUT2D eigenvalue weighted by atomic mass is 15.4. The third-order valence-corrected chi connectivity index (χ3v) is 2.49. The van der Waals surface area contributed by atoms with E-state index in [0.717, 1.165) is 12.5 Å². The maximum atomic E-state index is 3.32. The highest BCUT2D eigenvalue weighted by molar-refractivity contribution is 4.98. The van der Waals surface area contributed by atoms with Crippen molar-refractivity contribution in [3.8, 4) is 0 Å². The molecule has 2 atom stereocenters. The molecule has 1 aliphatic carbocycles. The summed E-state index contributed by atoms with van der Waals surface area (Å²) >= 11 is 0. The summed E-state index contributed by atoms with van der Waals surface area (Å²) in [4.78, 5) is 0. The minimum Gasteiger partial charge on any atom is -0.258 e. The Morgan fingerprint density at radius 2 is 2.10 bits per heavy atom. The minimum atomic E-state index is 0.707. The van der Waals surface area contributed by atoms with Crippen molar-refractivity contribution in [2.45, 2.75) is 25.3 Å². The molecule has 56 valence electrons. The number of rotatable bonds is 0. The lowest BCUT2D eigenvalue weighted by Gasteiger charge is -2.34. The van der Waals surface area contributed by atoms with Crippen LogP contribution in [0.2, 0.25) is 0 Å². The number of hydrogen-bond acceptors (Lipinski definition) is 2. The van der Waals surface area contributed by atoms with Crippen LogP contribution in [-0.4, -0.2) is 12.6 Å². The van der Waals surface area contributed by atoms with E-state index in [1.807, 2.05) is 0 Å². The van der Waals surface area contributed by atoms with Crippen molar-refractivity contribution in [1.82, 2.24) is 10.9 Å². The van der Waals surface area contributed by atoms with Crippen LogP contribution in [0.3, 0.4) is 0 Å². The Balaban J connectivity index is 2.01. The van der Waals surface area contributed by atoms with Gasteiger partial charge in [-0.3, -0.25) is 10.9 Å². The second-order valence-electron chi connectivity index (χ2n) is 3.17. The summed E-state index contributed by atoms with van der Waals surface area (Å²) in [5.74, 6) is 0.895. The van der Waals surface area contributed by atoms with E-state index in [0.29, 0.717) is 6.04 Å². The molecule has 1 fully saturated rings. The fourth-order valence-corrected chi connectivity index (χ4v) is 1.83. The van der Waals surface area contributed by atoms with Crippen molar-refractivity contribution in [3.05, 3.63) is 12.2 Å². The lowest BCUT2D eigenvalue weighted by molar-refractivity contribution is 0.239. The van der Waals surface area contributed by atoms with Crippen LogP contribution in [0.1, 0.15) is 19.3 Å². The van der Waals surface area contributed by atoms with Gasteiger partial charge in [-0.25, -0.2) is 0 Å². The molecule has 0 aromatic heterocycles. The summed E-state index contributed by atoms with van der Waals surface area (Å²) in [5, 5.41) is 0. The summed E-state index contributed by atoms with van der Waals surface area (Å²) in [5.41, 5.74) is 6.52. The predicted molar refractivity (Wildman–Crippen MR) is 41.4 cm³/mol. The van der Waals surface area contributed by atoms with Gasteiger partial charge in [0.15, 0.2) is 0 Å². The molecule has 10 heavy (non-hydrogen) atoms. The van der Waals surface area contributed by atoms with Gasteiger partial charge in [0.25, 0.3) is 0 Å². The molecule has 2 nitrogen and oxygen atoms in total. The fourth-order valence-electron chi connectivity index (χ4n) is 1.83. The van der Waals surface area contributed by atoms with E-state index >= 15 is 0 Å². The van der Waals surface area contributed by atoms with Gasteiger partial charge in [0, 0.05) is 12.6 Å². The average Bonchev–Trinajstić information content (AvgIpc) is 2.05. The van der Waals surface area contributed by atoms with Gasteiger partial charge in [-0.05, 0) is 25.2 Å². The molecule has 2 N–H and O–H groups in total. The lowest BCUT2D eigenvalue weighted by Crippen LogP contribution is -2.51. The lowest BCUT2D eigenvalue weighted by atomic mass is 9.86. The molecule has 2 heteroatoms. The maximum absolute atomic E-state index is 3.32. The van der Waals surface area contributed by atoms with Crippen LogP contribution >= 0.6 is 0 Å². The van der Waals surface area contributed by atoms with Crippen LogP contribution in [-0.2, 0) is 0 Å². The molecule has 2 unspecified atom stereocenters. The average molecular weight is 138 g/mol. The quantitative estimate of drug-likeness (QED) is 0.484. The largest absolute Gasteiger partial charge is 0.258 e. The predicted octanol–water partition coefficient (Wildman–Crippen LogP) is 0.819. The Hall–Kier alpha value is -0.340. The first-order chi connectivity index (χ1) is 4.97. The Morgan fingerprint density at radius 3 is 3.00 bits per heavy atom. The van der Waals surface area contributed by atoms with Crippen molar-refractivity contribution in [3.63, 3.8) is 0 Å². The second kappa shape index (κ2) is 2.72. The van der Waals surface area contributed by atoms with Gasteiger partial charge in [0.05, 0.1) is 0 Å². The third-order valence-electron chi connectivity index (χ3n) is 2.49. The SMILES string of the molecule is C1=CCC2NNCCC2C1. The summed E-state index contributed by atoms with van der Waals surface area (Å²) in [6, 6.07) is 0.707. The van der Waals surface area contributed by atoms with Crippen LogP contribution < -0.4 is 10.9 Å². The van der Waals surface area contributed by atoms with Crippen molar-refractivity contribution in [2.75, 3.05) is 6.54 Å². The van der Waals surface area contributed by atoms with Gasteiger partial charge in [0.2, 0.25) is 0 Å².